The van der Waals surface area contributed by atoms with Crippen molar-refractivity contribution in [2.24, 2.45) is 5.92 Å². The zero-order chi connectivity index (χ0) is 15.8. The molecular weight excluding hydrogens is 276 g/mol. The molecule has 1 saturated carbocycles. The van der Waals surface area contributed by atoms with Crippen molar-refractivity contribution in [3.05, 3.63) is 35.4 Å². The fourth-order valence-corrected chi connectivity index (χ4v) is 2.94. The van der Waals surface area contributed by atoms with Gasteiger partial charge in [0.15, 0.2) is 0 Å². The number of hydrogen-bond acceptors (Lipinski definition) is 2. The van der Waals surface area contributed by atoms with Crippen LogP contribution < -0.4 is 10.9 Å². The Balaban J connectivity index is 1.73. The third kappa shape index (κ3) is 5.17. The van der Waals surface area contributed by atoms with E-state index < -0.39 is 0 Å². The lowest BCUT2D eigenvalue weighted by Gasteiger charge is -2.20. The van der Waals surface area contributed by atoms with Crippen LogP contribution in [0.1, 0.15) is 56.6 Å². The molecule has 4 heteroatoms. The highest BCUT2D eigenvalue weighted by atomic mass is 16.2. The molecule has 120 valence electrons. The Kier molecular flexibility index (Phi) is 6.44. The molecule has 22 heavy (non-hydrogen) atoms. The zero-order valence-electron chi connectivity index (χ0n) is 13.4. The van der Waals surface area contributed by atoms with E-state index in [4.69, 9.17) is 0 Å². The molecule has 0 atom stereocenters. The molecule has 0 unspecified atom stereocenters. The first-order valence-electron chi connectivity index (χ1n) is 8.35. The molecule has 1 aliphatic rings. The van der Waals surface area contributed by atoms with Crippen LogP contribution in [-0.2, 0) is 22.4 Å². The summed E-state index contributed by atoms with van der Waals surface area (Å²) in [7, 11) is 0. The lowest BCUT2D eigenvalue weighted by atomic mass is 9.89. The van der Waals surface area contributed by atoms with Crippen molar-refractivity contribution in [2.45, 2.75) is 58.3 Å². The molecule has 0 aromatic heterocycles. The van der Waals surface area contributed by atoms with Crippen molar-refractivity contribution in [3.63, 3.8) is 0 Å². The van der Waals surface area contributed by atoms with Gasteiger partial charge in [0, 0.05) is 5.92 Å². The molecule has 0 bridgehead atoms. The largest absolute Gasteiger partial charge is 0.273 e. The lowest BCUT2D eigenvalue weighted by Crippen LogP contribution is -2.45. The van der Waals surface area contributed by atoms with Crippen LogP contribution in [0.3, 0.4) is 0 Å². The highest BCUT2D eigenvalue weighted by Gasteiger charge is 2.21. The monoisotopic (exact) mass is 302 g/mol. The Bertz CT molecular complexity index is 490. The number of benzene rings is 1. The van der Waals surface area contributed by atoms with Crippen LogP contribution in [0.2, 0.25) is 0 Å². The number of carbonyl (C=O) groups excluding carboxylic acids is 2. The molecule has 0 spiro atoms. The van der Waals surface area contributed by atoms with Gasteiger partial charge in [0.2, 0.25) is 11.8 Å². The summed E-state index contributed by atoms with van der Waals surface area (Å²) in [6.45, 7) is 2.15. The third-order valence-corrected chi connectivity index (χ3v) is 4.23. The van der Waals surface area contributed by atoms with E-state index in [2.05, 4.69) is 29.9 Å². The Morgan fingerprint density at radius 3 is 2.27 bits per heavy atom. The standard InChI is InChI=1S/C18H26N2O2/c1-2-6-14-9-11-15(12-10-14)13-17(21)19-20-18(22)16-7-4-3-5-8-16/h9-12,16H,2-8,13H2,1H3,(H,19,21)(H,20,22). The molecule has 2 rings (SSSR count). The minimum absolute atomic E-state index is 0.0497. The van der Waals surface area contributed by atoms with Gasteiger partial charge in [-0.05, 0) is 30.4 Å². The van der Waals surface area contributed by atoms with Crippen LogP contribution in [0.25, 0.3) is 0 Å². The molecule has 0 saturated heterocycles. The molecule has 1 fully saturated rings. The summed E-state index contributed by atoms with van der Waals surface area (Å²) < 4.78 is 0. The van der Waals surface area contributed by atoms with E-state index in [0.29, 0.717) is 0 Å². The first-order valence-corrected chi connectivity index (χ1v) is 8.35. The molecule has 1 aliphatic carbocycles. The highest BCUT2D eigenvalue weighted by molar-refractivity contribution is 5.84. The van der Waals surface area contributed by atoms with E-state index in [-0.39, 0.29) is 24.2 Å². The second kappa shape index (κ2) is 8.57. The van der Waals surface area contributed by atoms with Crippen LogP contribution in [-0.4, -0.2) is 11.8 Å². The number of rotatable bonds is 5. The van der Waals surface area contributed by atoms with Crippen LogP contribution in [0.5, 0.6) is 0 Å². The van der Waals surface area contributed by atoms with E-state index in [0.717, 1.165) is 44.1 Å². The Hall–Kier alpha value is -1.84. The number of carbonyl (C=O) groups is 2. The lowest BCUT2D eigenvalue weighted by molar-refractivity contribution is -0.131. The summed E-state index contributed by atoms with van der Waals surface area (Å²) in [5, 5.41) is 0. The summed E-state index contributed by atoms with van der Waals surface area (Å²) in [6.07, 6.45) is 7.76. The van der Waals surface area contributed by atoms with E-state index in [1.54, 1.807) is 0 Å². The molecule has 0 aliphatic heterocycles. The van der Waals surface area contributed by atoms with Gasteiger partial charge in [-0.25, -0.2) is 0 Å². The quantitative estimate of drug-likeness (QED) is 0.822. The topological polar surface area (TPSA) is 58.2 Å². The van der Waals surface area contributed by atoms with Gasteiger partial charge < -0.3 is 0 Å². The average Bonchev–Trinajstić information content (AvgIpc) is 2.55. The molecule has 0 radical (unpaired) electrons. The van der Waals surface area contributed by atoms with Crippen LogP contribution in [0.4, 0.5) is 0 Å². The maximum atomic E-state index is 11.9. The number of nitrogens with one attached hydrogen (secondary N) is 2. The van der Waals surface area contributed by atoms with Gasteiger partial charge in [0.05, 0.1) is 6.42 Å². The van der Waals surface area contributed by atoms with Gasteiger partial charge in [0.1, 0.15) is 0 Å². The number of hydrazine groups is 1. The minimum Gasteiger partial charge on any atom is -0.273 e. The molecule has 4 nitrogen and oxygen atoms in total. The first kappa shape index (κ1) is 16.5. The summed E-state index contributed by atoms with van der Waals surface area (Å²) in [5.74, 6) is -0.166. The molecule has 1 aromatic rings. The minimum atomic E-state index is -0.174. The smallest absolute Gasteiger partial charge is 0.242 e. The number of hydrogen-bond donors (Lipinski definition) is 2. The van der Waals surface area contributed by atoms with Crippen molar-refractivity contribution in [1.82, 2.24) is 10.9 Å². The normalized spacial score (nSPS) is 15.3. The molecular formula is C18H26N2O2. The van der Waals surface area contributed by atoms with E-state index in [1.165, 1.54) is 12.0 Å². The third-order valence-electron chi connectivity index (χ3n) is 4.23. The molecule has 0 heterocycles. The first-order chi connectivity index (χ1) is 10.7. The predicted molar refractivity (Wildman–Crippen MR) is 87.0 cm³/mol. The molecule has 2 amide bonds. The zero-order valence-corrected chi connectivity index (χ0v) is 13.4. The second-order valence-electron chi connectivity index (χ2n) is 6.12. The fraction of sp³-hybridized carbons (Fsp3) is 0.556. The van der Waals surface area contributed by atoms with Gasteiger partial charge >= 0.3 is 0 Å². The SMILES string of the molecule is CCCc1ccc(CC(=O)NNC(=O)C2CCCCC2)cc1. The Labute approximate surface area is 132 Å². The van der Waals surface area contributed by atoms with Crippen molar-refractivity contribution in [1.29, 1.82) is 0 Å². The summed E-state index contributed by atoms with van der Waals surface area (Å²) in [4.78, 5) is 23.8. The Morgan fingerprint density at radius 2 is 1.64 bits per heavy atom. The Morgan fingerprint density at radius 1 is 1.00 bits per heavy atom. The van der Waals surface area contributed by atoms with E-state index in [9.17, 15) is 9.59 Å². The fourth-order valence-electron chi connectivity index (χ4n) is 2.94. The van der Waals surface area contributed by atoms with E-state index in [1.807, 2.05) is 12.1 Å². The molecule has 2 N–H and O–H groups in total. The maximum absolute atomic E-state index is 11.9. The molecule has 1 aromatic carbocycles. The second-order valence-corrected chi connectivity index (χ2v) is 6.12. The van der Waals surface area contributed by atoms with Crippen molar-refractivity contribution in [3.8, 4) is 0 Å². The van der Waals surface area contributed by atoms with Gasteiger partial charge in [-0.3, -0.25) is 20.4 Å². The number of amides is 2. The summed E-state index contributed by atoms with van der Waals surface area (Å²) in [6, 6.07) is 8.08. The highest BCUT2D eigenvalue weighted by Crippen LogP contribution is 2.23. The van der Waals surface area contributed by atoms with Crippen LogP contribution in [0.15, 0.2) is 24.3 Å². The van der Waals surface area contributed by atoms with E-state index >= 15 is 0 Å². The van der Waals surface area contributed by atoms with Crippen LogP contribution >= 0.6 is 0 Å². The van der Waals surface area contributed by atoms with Crippen molar-refractivity contribution in [2.75, 3.05) is 0 Å². The van der Waals surface area contributed by atoms with Crippen molar-refractivity contribution < 1.29 is 9.59 Å². The van der Waals surface area contributed by atoms with Crippen molar-refractivity contribution >= 4 is 11.8 Å². The van der Waals surface area contributed by atoms with Gasteiger partial charge in [0.25, 0.3) is 0 Å². The summed E-state index contributed by atoms with van der Waals surface area (Å²) >= 11 is 0. The van der Waals surface area contributed by atoms with Gasteiger partial charge in [-0.2, -0.15) is 0 Å². The maximum Gasteiger partial charge on any atom is 0.242 e. The average molecular weight is 302 g/mol. The van der Waals surface area contributed by atoms with Gasteiger partial charge in [-0.1, -0.05) is 56.9 Å². The van der Waals surface area contributed by atoms with Gasteiger partial charge in [-0.15, -0.1) is 0 Å². The summed E-state index contributed by atoms with van der Waals surface area (Å²) in [5.41, 5.74) is 7.35. The van der Waals surface area contributed by atoms with Crippen LogP contribution in [0, 0.1) is 5.92 Å². The predicted octanol–water partition coefficient (Wildman–Crippen LogP) is 2.91. The number of aryl methyl sites for hydroxylation is 1.